The highest BCUT2D eigenvalue weighted by Gasteiger charge is 2.17. The number of benzene rings is 1. The number of anilines is 1. The van der Waals surface area contributed by atoms with Crippen molar-refractivity contribution in [2.45, 2.75) is 19.1 Å². The molecule has 0 heterocycles. The Morgan fingerprint density at radius 1 is 1.40 bits per heavy atom. The summed E-state index contributed by atoms with van der Waals surface area (Å²) < 4.78 is 26.2. The van der Waals surface area contributed by atoms with E-state index in [-0.39, 0.29) is 0 Å². The zero-order chi connectivity index (χ0) is 11.6. The molecule has 1 aromatic rings. The second-order valence-electron chi connectivity index (χ2n) is 3.30. The summed E-state index contributed by atoms with van der Waals surface area (Å²) in [5, 5.41) is -0.0117. The van der Waals surface area contributed by atoms with Gasteiger partial charge in [0, 0.05) is 0 Å². The Hall–Kier alpha value is -0.260. The predicted molar refractivity (Wildman–Crippen MR) is 66.8 cm³/mol. The maximum absolute atomic E-state index is 11.6. The molecule has 84 valence electrons. The molecule has 15 heavy (non-hydrogen) atoms. The topological polar surface area (TPSA) is 46.2 Å². The smallest absolute Gasteiger partial charge is 0.235 e. The molecule has 0 fully saturated rings. The Labute approximate surface area is 103 Å². The highest BCUT2D eigenvalue weighted by Crippen LogP contribution is 2.30. The molecule has 1 N–H and O–H groups in total. The van der Waals surface area contributed by atoms with E-state index in [9.17, 15) is 8.42 Å². The molecule has 0 aliphatic heterocycles. The Morgan fingerprint density at radius 2 is 2.00 bits per heavy atom. The van der Waals surface area contributed by atoms with Crippen molar-refractivity contribution in [1.82, 2.24) is 0 Å². The Kier molecular flexibility index (Phi) is 4.03. The minimum Gasteiger partial charge on any atom is -0.282 e. The van der Waals surface area contributed by atoms with Crippen molar-refractivity contribution in [3.63, 3.8) is 0 Å². The number of sulfonamides is 1. The summed E-state index contributed by atoms with van der Waals surface area (Å²) >= 11 is 9.06. The number of halogens is 2. The number of hydrogen-bond acceptors (Lipinski definition) is 2. The van der Waals surface area contributed by atoms with Crippen LogP contribution < -0.4 is 4.72 Å². The standard InChI is InChI=1S/C9H11BrClNO2S/c1-6(2)15(13,14)12-8-5-3-4-7(11)9(8)10/h3-6,12H,1-2H3. The number of rotatable bonds is 3. The molecule has 0 saturated heterocycles. The summed E-state index contributed by atoms with van der Waals surface area (Å²) in [6.07, 6.45) is 0. The maximum atomic E-state index is 11.6. The first-order valence-electron chi connectivity index (χ1n) is 4.30. The van der Waals surface area contributed by atoms with Gasteiger partial charge in [0.05, 0.1) is 20.4 Å². The molecule has 0 bridgehead atoms. The molecule has 0 aromatic heterocycles. The van der Waals surface area contributed by atoms with Gasteiger partial charge in [0.1, 0.15) is 0 Å². The van der Waals surface area contributed by atoms with Crippen molar-refractivity contribution in [2.24, 2.45) is 0 Å². The molecule has 1 rings (SSSR count). The van der Waals surface area contributed by atoms with Crippen LogP contribution in [-0.4, -0.2) is 13.7 Å². The van der Waals surface area contributed by atoms with Crippen LogP contribution in [0.5, 0.6) is 0 Å². The second kappa shape index (κ2) is 4.72. The predicted octanol–water partition coefficient (Wildman–Crippen LogP) is 3.25. The van der Waals surface area contributed by atoms with Crippen LogP contribution in [0.15, 0.2) is 22.7 Å². The van der Waals surface area contributed by atoms with E-state index in [1.165, 1.54) is 0 Å². The molecule has 0 atom stereocenters. The van der Waals surface area contributed by atoms with Crippen molar-refractivity contribution in [2.75, 3.05) is 4.72 Å². The quantitative estimate of drug-likeness (QED) is 0.931. The van der Waals surface area contributed by atoms with Gasteiger partial charge in [-0.2, -0.15) is 0 Å². The molecular weight excluding hydrogens is 302 g/mol. The van der Waals surface area contributed by atoms with Crippen molar-refractivity contribution >= 4 is 43.2 Å². The average Bonchev–Trinajstić information content (AvgIpc) is 2.12. The molecule has 0 radical (unpaired) electrons. The van der Waals surface area contributed by atoms with Crippen molar-refractivity contribution in [3.8, 4) is 0 Å². The number of hydrogen-bond donors (Lipinski definition) is 1. The van der Waals surface area contributed by atoms with Crippen LogP contribution in [-0.2, 0) is 10.0 Å². The van der Waals surface area contributed by atoms with Gasteiger partial charge in [-0.05, 0) is 41.9 Å². The van der Waals surface area contributed by atoms with Gasteiger partial charge in [-0.3, -0.25) is 4.72 Å². The van der Waals surface area contributed by atoms with Crippen LogP contribution in [0.2, 0.25) is 5.02 Å². The molecule has 0 aliphatic rings. The fourth-order valence-corrected chi connectivity index (χ4v) is 2.24. The fourth-order valence-electron chi connectivity index (χ4n) is 0.854. The zero-order valence-electron chi connectivity index (χ0n) is 8.29. The van der Waals surface area contributed by atoms with Crippen LogP contribution in [0, 0.1) is 0 Å². The van der Waals surface area contributed by atoms with Crippen molar-refractivity contribution in [3.05, 3.63) is 27.7 Å². The van der Waals surface area contributed by atoms with Crippen LogP contribution in [0.3, 0.4) is 0 Å². The maximum Gasteiger partial charge on any atom is 0.235 e. The summed E-state index contributed by atoms with van der Waals surface area (Å²) in [6, 6.07) is 5.01. The molecule has 0 amide bonds. The van der Waals surface area contributed by atoms with Gasteiger partial charge in [0.25, 0.3) is 0 Å². The Bertz CT molecular complexity index is 459. The average molecular weight is 313 g/mol. The van der Waals surface area contributed by atoms with Crippen molar-refractivity contribution in [1.29, 1.82) is 0 Å². The monoisotopic (exact) mass is 311 g/mol. The van der Waals surface area contributed by atoms with E-state index in [1.807, 2.05) is 0 Å². The molecule has 0 saturated carbocycles. The Balaban J connectivity index is 3.06. The van der Waals surface area contributed by atoms with Crippen LogP contribution >= 0.6 is 27.5 Å². The van der Waals surface area contributed by atoms with Gasteiger partial charge in [-0.15, -0.1) is 0 Å². The largest absolute Gasteiger partial charge is 0.282 e. The van der Waals surface area contributed by atoms with Gasteiger partial charge in [0.15, 0.2) is 0 Å². The third-order valence-corrected chi connectivity index (χ3v) is 4.97. The fraction of sp³-hybridized carbons (Fsp3) is 0.333. The number of nitrogens with one attached hydrogen (secondary N) is 1. The van der Waals surface area contributed by atoms with Crippen LogP contribution in [0.1, 0.15) is 13.8 Å². The zero-order valence-corrected chi connectivity index (χ0v) is 11.4. The van der Waals surface area contributed by atoms with Gasteiger partial charge in [-0.25, -0.2) is 8.42 Å². The van der Waals surface area contributed by atoms with E-state index >= 15 is 0 Å². The summed E-state index contributed by atoms with van der Waals surface area (Å²) in [6.45, 7) is 3.22. The SMILES string of the molecule is CC(C)S(=O)(=O)Nc1cccc(Cl)c1Br. The molecular formula is C9H11BrClNO2S. The Morgan fingerprint density at radius 3 is 2.53 bits per heavy atom. The lowest BCUT2D eigenvalue weighted by atomic mass is 10.3. The molecule has 0 aliphatic carbocycles. The normalized spacial score (nSPS) is 11.8. The minimum absolute atomic E-state index is 0.455. The first kappa shape index (κ1) is 12.8. The highest BCUT2D eigenvalue weighted by molar-refractivity contribution is 9.10. The lowest BCUT2D eigenvalue weighted by Gasteiger charge is -2.12. The summed E-state index contributed by atoms with van der Waals surface area (Å²) in [4.78, 5) is 0. The second-order valence-corrected chi connectivity index (χ2v) is 6.73. The van der Waals surface area contributed by atoms with Crippen LogP contribution in [0.4, 0.5) is 5.69 Å². The van der Waals surface area contributed by atoms with E-state index in [0.717, 1.165) is 0 Å². The van der Waals surface area contributed by atoms with E-state index in [2.05, 4.69) is 20.7 Å². The summed E-state index contributed by atoms with van der Waals surface area (Å²) in [5.74, 6) is 0. The van der Waals surface area contributed by atoms with E-state index < -0.39 is 15.3 Å². The van der Waals surface area contributed by atoms with Crippen LogP contribution in [0.25, 0.3) is 0 Å². The minimum atomic E-state index is -3.33. The van der Waals surface area contributed by atoms with Crippen molar-refractivity contribution < 1.29 is 8.42 Å². The molecule has 0 spiro atoms. The summed E-state index contributed by atoms with van der Waals surface area (Å²) in [7, 11) is -3.33. The van der Waals surface area contributed by atoms with E-state index in [1.54, 1.807) is 32.0 Å². The molecule has 0 unspecified atom stereocenters. The van der Waals surface area contributed by atoms with Gasteiger partial charge >= 0.3 is 0 Å². The summed E-state index contributed by atoms with van der Waals surface area (Å²) in [5.41, 5.74) is 0.455. The lowest BCUT2D eigenvalue weighted by Crippen LogP contribution is -2.22. The van der Waals surface area contributed by atoms with Gasteiger partial charge in [0.2, 0.25) is 10.0 Å². The van der Waals surface area contributed by atoms with Gasteiger partial charge < -0.3 is 0 Å². The van der Waals surface area contributed by atoms with E-state index in [0.29, 0.717) is 15.2 Å². The molecule has 6 heteroatoms. The highest BCUT2D eigenvalue weighted by atomic mass is 79.9. The third kappa shape index (κ3) is 3.09. The first-order valence-corrected chi connectivity index (χ1v) is 7.02. The third-order valence-electron chi connectivity index (χ3n) is 1.82. The van der Waals surface area contributed by atoms with E-state index in [4.69, 9.17) is 11.6 Å². The lowest BCUT2D eigenvalue weighted by molar-refractivity contribution is 0.593. The first-order chi connectivity index (χ1) is 6.84. The van der Waals surface area contributed by atoms with Gasteiger partial charge in [-0.1, -0.05) is 17.7 Å². The molecule has 3 nitrogen and oxygen atoms in total. The molecule has 1 aromatic carbocycles.